The van der Waals surface area contributed by atoms with Gasteiger partial charge in [-0.15, -0.1) is 0 Å². The number of carbonyl (C=O) groups is 1. The van der Waals surface area contributed by atoms with Crippen LogP contribution in [0.2, 0.25) is 0 Å². The molecule has 144 valence electrons. The fourth-order valence-electron chi connectivity index (χ4n) is 3.38. The largest absolute Gasteiger partial charge is 0.477 e. The molecular formula is C20H23FN2O4. The number of aliphatic hydroxyl groups is 2. The van der Waals surface area contributed by atoms with E-state index in [9.17, 15) is 19.4 Å². The lowest BCUT2D eigenvalue weighted by Crippen LogP contribution is -2.40. The first-order valence-corrected chi connectivity index (χ1v) is 8.83. The molecule has 2 unspecified atom stereocenters. The van der Waals surface area contributed by atoms with Crippen LogP contribution in [0.25, 0.3) is 0 Å². The van der Waals surface area contributed by atoms with Gasteiger partial charge in [-0.1, -0.05) is 12.1 Å². The molecule has 1 amide bonds. The summed E-state index contributed by atoms with van der Waals surface area (Å²) in [5, 5.41) is 22.8. The zero-order valence-corrected chi connectivity index (χ0v) is 15.1. The highest BCUT2D eigenvalue weighted by Gasteiger charge is 2.45. The molecule has 6 nitrogen and oxygen atoms in total. The van der Waals surface area contributed by atoms with Crippen molar-refractivity contribution in [1.82, 2.24) is 10.3 Å². The van der Waals surface area contributed by atoms with Crippen molar-refractivity contribution in [2.24, 2.45) is 5.41 Å². The van der Waals surface area contributed by atoms with Gasteiger partial charge in [0.15, 0.2) is 0 Å². The number of nitrogens with zero attached hydrogens (tertiary/aromatic N) is 1. The summed E-state index contributed by atoms with van der Waals surface area (Å²) >= 11 is 0. The number of aryl methyl sites for hydroxylation is 1. The molecule has 3 N–H and O–H groups in total. The lowest BCUT2D eigenvalue weighted by atomic mass is 9.86. The summed E-state index contributed by atoms with van der Waals surface area (Å²) in [7, 11) is 0. The smallest absolute Gasteiger partial charge is 0.251 e. The highest BCUT2D eigenvalue weighted by molar-refractivity contribution is 5.94. The van der Waals surface area contributed by atoms with Crippen LogP contribution in [0.1, 0.15) is 28.9 Å². The lowest BCUT2D eigenvalue weighted by molar-refractivity contribution is 0.0438. The number of aromatic nitrogens is 1. The number of rotatable bonds is 6. The number of carbonyl (C=O) groups excluding carboxylic acids is 1. The Morgan fingerprint density at radius 3 is 2.63 bits per heavy atom. The van der Waals surface area contributed by atoms with Gasteiger partial charge in [-0.2, -0.15) is 0 Å². The van der Waals surface area contributed by atoms with Crippen molar-refractivity contribution in [3.63, 3.8) is 0 Å². The van der Waals surface area contributed by atoms with Gasteiger partial charge in [0.2, 0.25) is 5.88 Å². The molecule has 2 atom stereocenters. The van der Waals surface area contributed by atoms with Crippen molar-refractivity contribution >= 4 is 5.91 Å². The Balaban J connectivity index is 1.68. The van der Waals surface area contributed by atoms with Crippen molar-refractivity contribution < 1.29 is 24.1 Å². The van der Waals surface area contributed by atoms with Gasteiger partial charge in [0.25, 0.3) is 5.91 Å². The number of amides is 1. The van der Waals surface area contributed by atoms with Gasteiger partial charge in [0.1, 0.15) is 5.82 Å². The Kier molecular flexibility index (Phi) is 5.72. The molecule has 1 heterocycles. The summed E-state index contributed by atoms with van der Waals surface area (Å²) in [6.45, 7) is 2.22. The molecule has 1 fully saturated rings. The summed E-state index contributed by atoms with van der Waals surface area (Å²) in [6.07, 6.45) is -1.21. The van der Waals surface area contributed by atoms with Crippen LogP contribution in [0.4, 0.5) is 4.39 Å². The zero-order chi connectivity index (χ0) is 19.4. The predicted octanol–water partition coefficient (Wildman–Crippen LogP) is 1.84. The molecule has 0 saturated heterocycles. The average Bonchev–Trinajstić information content (AvgIpc) is 2.93. The first kappa shape index (κ1) is 19.3. The maximum Gasteiger partial charge on any atom is 0.251 e. The standard InChI is InChI=1S/C20H23FN2O4/c1-13-4-2-7-18(23-13)27-12-20(9-16(24)17(25)10-20)11-22-19(26)14-5-3-6-15(21)8-14/h2-8,16-17,24-25H,9-12H2,1H3,(H,22,26). The Bertz CT molecular complexity index is 804. The van der Waals surface area contributed by atoms with Gasteiger partial charge in [-0.25, -0.2) is 9.37 Å². The van der Waals surface area contributed by atoms with Gasteiger partial charge in [0.05, 0.1) is 18.8 Å². The molecule has 1 aliphatic carbocycles. The molecule has 0 aliphatic heterocycles. The minimum Gasteiger partial charge on any atom is -0.477 e. The molecule has 3 rings (SSSR count). The van der Waals surface area contributed by atoms with Crippen LogP contribution < -0.4 is 10.1 Å². The van der Waals surface area contributed by atoms with Crippen molar-refractivity contribution in [3.8, 4) is 5.88 Å². The summed E-state index contributed by atoms with van der Waals surface area (Å²) in [5.74, 6) is -0.460. The van der Waals surface area contributed by atoms with Gasteiger partial charge < -0.3 is 20.3 Å². The summed E-state index contributed by atoms with van der Waals surface area (Å²) in [6, 6.07) is 10.8. The van der Waals surface area contributed by atoms with Crippen LogP contribution in [0.3, 0.4) is 0 Å². The van der Waals surface area contributed by atoms with Gasteiger partial charge in [-0.3, -0.25) is 4.79 Å². The van der Waals surface area contributed by atoms with Gasteiger partial charge >= 0.3 is 0 Å². The third kappa shape index (κ3) is 4.81. The Morgan fingerprint density at radius 1 is 1.26 bits per heavy atom. The highest BCUT2D eigenvalue weighted by Crippen LogP contribution is 2.38. The van der Waals surface area contributed by atoms with E-state index in [2.05, 4.69) is 10.3 Å². The molecule has 1 aliphatic rings. The molecule has 1 saturated carbocycles. The molecule has 0 spiro atoms. The lowest BCUT2D eigenvalue weighted by Gasteiger charge is -2.29. The number of aliphatic hydroxyl groups excluding tert-OH is 2. The molecular weight excluding hydrogens is 351 g/mol. The van der Waals surface area contributed by atoms with Crippen LogP contribution in [-0.2, 0) is 0 Å². The SMILES string of the molecule is Cc1cccc(OCC2(CNC(=O)c3cccc(F)c3)CC(O)C(O)C2)n1. The van der Waals surface area contributed by atoms with Crippen molar-refractivity contribution in [1.29, 1.82) is 0 Å². The molecule has 7 heteroatoms. The predicted molar refractivity (Wildman–Crippen MR) is 96.9 cm³/mol. The highest BCUT2D eigenvalue weighted by atomic mass is 19.1. The molecule has 2 aromatic rings. The second-order valence-corrected chi connectivity index (χ2v) is 7.14. The maximum absolute atomic E-state index is 13.3. The summed E-state index contributed by atoms with van der Waals surface area (Å²) in [4.78, 5) is 16.6. The van der Waals surface area contributed by atoms with E-state index in [1.54, 1.807) is 6.07 Å². The number of hydrogen-bond acceptors (Lipinski definition) is 5. The number of ether oxygens (including phenoxy) is 1. The number of nitrogens with one attached hydrogen (secondary N) is 1. The number of benzene rings is 1. The third-order valence-electron chi connectivity index (χ3n) is 4.83. The second kappa shape index (κ2) is 8.02. The van der Waals surface area contributed by atoms with E-state index in [-0.39, 0.29) is 31.6 Å². The molecule has 1 aromatic heterocycles. The second-order valence-electron chi connectivity index (χ2n) is 7.14. The van der Waals surface area contributed by atoms with Crippen molar-refractivity contribution in [2.75, 3.05) is 13.2 Å². The molecule has 1 aromatic carbocycles. The van der Waals surface area contributed by atoms with E-state index in [1.165, 1.54) is 18.2 Å². The fourth-order valence-corrected chi connectivity index (χ4v) is 3.38. The Hall–Kier alpha value is -2.51. The van der Waals surface area contributed by atoms with Crippen molar-refractivity contribution in [2.45, 2.75) is 32.0 Å². The topological polar surface area (TPSA) is 91.7 Å². The third-order valence-corrected chi connectivity index (χ3v) is 4.83. The van der Waals surface area contributed by atoms with Crippen LogP contribution in [-0.4, -0.2) is 46.5 Å². The van der Waals surface area contributed by atoms with E-state index in [1.807, 2.05) is 19.1 Å². The van der Waals surface area contributed by atoms with Gasteiger partial charge in [-0.05, 0) is 44.0 Å². The first-order chi connectivity index (χ1) is 12.9. The molecule has 0 bridgehead atoms. The van der Waals surface area contributed by atoms with E-state index >= 15 is 0 Å². The number of halogens is 1. The quantitative estimate of drug-likeness (QED) is 0.718. The molecule has 0 radical (unpaired) electrons. The van der Waals surface area contributed by atoms with E-state index in [0.717, 1.165) is 11.8 Å². The minimum absolute atomic E-state index is 0.182. The Morgan fingerprint density at radius 2 is 1.96 bits per heavy atom. The van der Waals surface area contributed by atoms with E-state index in [0.29, 0.717) is 5.88 Å². The Labute approximate surface area is 157 Å². The zero-order valence-electron chi connectivity index (χ0n) is 15.1. The molecule has 27 heavy (non-hydrogen) atoms. The summed E-state index contributed by atoms with van der Waals surface area (Å²) in [5.41, 5.74) is 0.380. The van der Waals surface area contributed by atoms with E-state index in [4.69, 9.17) is 4.74 Å². The van der Waals surface area contributed by atoms with Crippen LogP contribution in [0.15, 0.2) is 42.5 Å². The van der Waals surface area contributed by atoms with Crippen LogP contribution in [0.5, 0.6) is 5.88 Å². The number of hydrogen-bond donors (Lipinski definition) is 3. The van der Waals surface area contributed by atoms with Crippen LogP contribution >= 0.6 is 0 Å². The van der Waals surface area contributed by atoms with Crippen LogP contribution in [0, 0.1) is 18.2 Å². The summed E-state index contributed by atoms with van der Waals surface area (Å²) < 4.78 is 19.1. The maximum atomic E-state index is 13.3. The fraction of sp³-hybridized carbons (Fsp3) is 0.400. The average molecular weight is 374 g/mol. The monoisotopic (exact) mass is 374 g/mol. The first-order valence-electron chi connectivity index (χ1n) is 8.83. The minimum atomic E-state index is -0.884. The van der Waals surface area contributed by atoms with E-state index < -0.39 is 29.3 Å². The number of pyridine rings is 1. The normalized spacial score (nSPS) is 24.6. The van der Waals surface area contributed by atoms with Gasteiger partial charge in [0, 0.05) is 29.3 Å². The van der Waals surface area contributed by atoms with Crippen molar-refractivity contribution in [3.05, 3.63) is 59.5 Å².